The highest BCUT2D eigenvalue weighted by Gasteiger charge is 2.30. The predicted molar refractivity (Wildman–Crippen MR) is 80.2 cm³/mol. The van der Waals surface area contributed by atoms with E-state index in [0.29, 0.717) is 5.56 Å². The van der Waals surface area contributed by atoms with E-state index in [1.54, 1.807) is 13.0 Å². The van der Waals surface area contributed by atoms with Gasteiger partial charge in [-0.05, 0) is 24.6 Å². The Labute approximate surface area is 127 Å². The fourth-order valence-electron chi connectivity index (χ4n) is 1.63. The van der Waals surface area contributed by atoms with Crippen molar-refractivity contribution in [2.45, 2.75) is 44.7 Å². The molecular weight excluding hydrogens is 299 g/mol. The lowest BCUT2D eigenvalue weighted by Gasteiger charge is -2.19. The fourth-order valence-corrected chi connectivity index (χ4v) is 2.28. The standard InChI is InChI=1S/C15H20F3NOS/c1-10(19-13(20)9-21-14(2,3)4)11-6-5-7-12(8-11)15(16,17)18/h5-8,10H,9H2,1-4H3,(H,19,20). The van der Waals surface area contributed by atoms with Gasteiger partial charge < -0.3 is 5.32 Å². The molecule has 1 atom stereocenters. The highest BCUT2D eigenvalue weighted by molar-refractivity contribution is 8.01. The fraction of sp³-hybridized carbons (Fsp3) is 0.533. The highest BCUT2D eigenvalue weighted by atomic mass is 32.2. The van der Waals surface area contributed by atoms with Crippen molar-refractivity contribution in [1.29, 1.82) is 0 Å². The minimum absolute atomic E-state index is 0.0310. The quantitative estimate of drug-likeness (QED) is 0.890. The van der Waals surface area contributed by atoms with Gasteiger partial charge in [0.25, 0.3) is 0 Å². The summed E-state index contributed by atoms with van der Waals surface area (Å²) in [7, 11) is 0. The van der Waals surface area contributed by atoms with Crippen LogP contribution in [0.15, 0.2) is 24.3 Å². The van der Waals surface area contributed by atoms with Gasteiger partial charge in [-0.3, -0.25) is 4.79 Å². The molecule has 0 saturated carbocycles. The van der Waals surface area contributed by atoms with E-state index in [9.17, 15) is 18.0 Å². The van der Waals surface area contributed by atoms with Crippen molar-refractivity contribution < 1.29 is 18.0 Å². The molecule has 0 aliphatic rings. The van der Waals surface area contributed by atoms with E-state index in [1.165, 1.54) is 17.8 Å². The van der Waals surface area contributed by atoms with Gasteiger partial charge in [-0.25, -0.2) is 0 Å². The number of hydrogen-bond donors (Lipinski definition) is 1. The number of halogens is 3. The molecule has 1 aromatic rings. The molecule has 1 aromatic carbocycles. The van der Waals surface area contributed by atoms with Gasteiger partial charge in [0.1, 0.15) is 0 Å². The summed E-state index contributed by atoms with van der Waals surface area (Å²) in [5.74, 6) is 0.104. The molecule has 1 amide bonds. The number of rotatable bonds is 4. The van der Waals surface area contributed by atoms with E-state index >= 15 is 0 Å². The van der Waals surface area contributed by atoms with Crippen molar-refractivity contribution in [2.24, 2.45) is 0 Å². The van der Waals surface area contributed by atoms with Gasteiger partial charge in [0.05, 0.1) is 17.4 Å². The summed E-state index contributed by atoms with van der Waals surface area (Å²) < 4.78 is 37.9. The maximum Gasteiger partial charge on any atom is 0.416 e. The lowest BCUT2D eigenvalue weighted by atomic mass is 10.0. The van der Waals surface area contributed by atoms with Gasteiger partial charge >= 0.3 is 6.18 Å². The second-order valence-corrected chi connectivity index (χ2v) is 7.62. The Morgan fingerprint density at radius 1 is 1.29 bits per heavy atom. The average Bonchev–Trinajstić information content (AvgIpc) is 2.34. The third kappa shape index (κ3) is 6.42. The molecule has 0 saturated heterocycles. The number of carbonyl (C=O) groups is 1. The first-order chi connectivity index (χ1) is 9.49. The van der Waals surface area contributed by atoms with Crippen LogP contribution in [0.25, 0.3) is 0 Å². The molecule has 1 unspecified atom stereocenters. The highest BCUT2D eigenvalue weighted by Crippen LogP contribution is 2.30. The van der Waals surface area contributed by atoms with E-state index in [4.69, 9.17) is 0 Å². The summed E-state index contributed by atoms with van der Waals surface area (Å²) in [6.07, 6.45) is -4.37. The van der Waals surface area contributed by atoms with Gasteiger partial charge in [-0.15, -0.1) is 11.8 Å². The van der Waals surface area contributed by atoms with Crippen LogP contribution in [0.2, 0.25) is 0 Å². The molecule has 0 aliphatic carbocycles. The molecule has 6 heteroatoms. The molecule has 0 bridgehead atoms. The monoisotopic (exact) mass is 319 g/mol. The minimum atomic E-state index is -4.37. The number of benzene rings is 1. The van der Waals surface area contributed by atoms with E-state index in [2.05, 4.69) is 5.32 Å². The van der Waals surface area contributed by atoms with E-state index in [1.807, 2.05) is 20.8 Å². The van der Waals surface area contributed by atoms with Crippen molar-refractivity contribution in [3.8, 4) is 0 Å². The number of hydrogen-bond acceptors (Lipinski definition) is 2. The Morgan fingerprint density at radius 3 is 2.43 bits per heavy atom. The summed E-state index contributed by atoms with van der Waals surface area (Å²) in [6, 6.07) is 4.57. The maximum absolute atomic E-state index is 12.7. The van der Waals surface area contributed by atoms with Crippen LogP contribution in [0.5, 0.6) is 0 Å². The molecule has 0 aromatic heterocycles. The number of nitrogens with one attached hydrogen (secondary N) is 1. The summed E-state index contributed by atoms with van der Waals surface area (Å²) in [5.41, 5.74) is -0.260. The Balaban J connectivity index is 2.68. The number of amides is 1. The number of alkyl halides is 3. The second-order valence-electron chi connectivity index (χ2n) is 5.81. The van der Waals surface area contributed by atoms with Crippen LogP contribution >= 0.6 is 11.8 Å². The van der Waals surface area contributed by atoms with Crippen LogP contribution < -0.4 is 5.32 Å². The Hall–Kier alpha value is -1.17. The Bertz CT molecular complexity index is 494. The van der Waals surface area contributed by atoms with Crippen molar-refractivity contribution in [3.05, 3.63) is 35.4 Å². The molecule has 1 N–H and O–H groups in total. The van der Waals surface area contributed by atoms with Crippen LogP contribution in [-0.2, 0) is 11.0 Å². The average molecular weight is 319 g/mol. The Morgan fingerprint density at radius 2 is 1.90 bits per heavy atom. The van der Waals surface area contributed by atoms with Crippen LogP contribution in [0.3, 0.4) is 0 Å². The normalized spacial score (nSPS) is 13.9. The first-order valence-electron chi connectivity index (χ1n) is 6.59. The van der Waals surface area contributed by atoms with Crippen molar-refractivity contribution in [1.82, 2.24) is 5.32 Å². The van der Waals surface area contributed by atoms with Gasteiger partial charge in [0, 0.05) is 4.75 Å². The number of thioether (sulfide) groups is 1. The summed E-state index contributed by atoms with van der Waals surface area (Å²) in [6.45, 7) is 7.68. The van der Waals surface area contributed by atoms with Gasteiger partial charge in [0.15, 0.2) is 0 Å². The van der Waals surface area contributed by atoms with Crippen LogP contribution in [-0.4, -0.2) is 16.4 Å². The first kappa shape index (κ1) is 17.9. The zero-order valence-electron chi connectivity index (χ0n) is 12.5. The zero-order chi connectivity index (χ0) is 16.3. The van der Waals surface area contributed by atoms with Gasteiger partial charge in [0.2, 0.25) is 5.91 Å². The van der Waals surface area contributed by atoms with E-state index in [-0.39, 0.29) is 16.4 Å². The van der Waals surface area contributed by atoms with Crippen LogP contribution in [0, 0.1) is 0 Å². The van der Waals surface area contributed by atoms with Gasteiger partial charge in [-0.2, -0.15) is 13.2 Å². The molecule has 2 nitrogen and oxygen atoms in total. The van der Waals surface area contributed by atoms with Crippen molar-refractivity contribution in [2.75, 3.05) is 5.75 Å². The van der Waals surface area contributed by atoms with Gasteiger partial charge in [-0.1, -0.05) is 32.9 Å². The maximum atomic E-state index is 12.7. The molecule has 21 heavy (non-hydrogen) atoms. The Kier molecular flexibility index (Phi) is 5.73. The molecule has 0 radical (unpaired) electrons. The third-order valence-corrected chi connectivity index (χ3v) is 4.00. The number of carbonyl (C=O) groups excluding carboxylic acids is 1. The van der Waals surface area contributed by atoms with Crippen LogP contribution in [0.4, 0.5) is 13.2 Å². The third-order valence-electron chi connectivity index (χ3n) is 2.73. The van der Waals surface area contributed by atoms with Crippen molar-refractivity contribution >= 4 is 17.7 Å². The van der Waals surface area contributed by atoms with Crippen LogP contribution in [0.1, 0.15) is 44.9 Å². The molecule has 0 heterocycles. The second kappa shape index (κ2) is 6.73. The first-order valence-corrected chi connectivity index (χ1v) is 7.58. The lowest BCUT2D eigenvalue weighted by molar-refractivity contribution is -0.137. The topological polar surface area (TPSA) is 29.1 Å². The molecular formula is C15H20F3NOS. The van der Waals surface area contributed by atoms with E-state index in [0.717, 1.165) is 12.1 Å². The molecule has 0 spiro atoms. The summed E-state index contributed by atoms with van der Waals surface area (Å²) in [4.78, 5) is 11.8. The largest absolute Gasteiger partial charge is 0.416 e. The molecule has 0 fully saturated rings. The lowest BCUT2D eigenvalue weighted by Crippen LogP contribution is -2.29. The summed E-state index contributed by atoms with van der Waals surface area (Å²) in [5, 5.41) is 2.72. The molecule has 118 valence electrons. The molecule has 0 aliphatic heterocycles. The zero-order valence-corrected chi connectivity index (χ0v) is 13.4. The molecule has 1 rings (SSSR count). The predicted octanol–water partition coefficient (Wildman–Crippen LogP) is 4.41. The SMILES string of the molecule is CC(NC(=O)CSC(C)(C)C)c1cccc(C(F)(F)F)c1. The summed E-state index contributed by atoms with van der Waals surface area (Å²) >= 11 is 1.49. The minimum Gasteiger partial charge on any atom is -0.349 e. The van der Waals surface area contributed by atoms with Crippen molar-refractivity contribution in [3.63, 3.8) is 0 Å². The smallest absolute Gasteiger partial charge is 0.349 e. The van der Waals surface area contributed by atoms with E-state index < -0.39 is 17.8 Å².